The molecule has 7 aromatic rings. The monoisotopic (exact) mass is 963 g/mol. The molecule has 7 rings (SSSR count). The topological polar surface area (TPSA) is 41.9 Å². The number of para-hydroxylation sites is 1. The number of rotatable bonds is 5. The van der Waals surface area contributed by atoms with E-state index in [9.17, 15) is 13.2 Å². The van der Waals surface area contributed by atoms with Crippen molar-refractivity contribution in [3.8, 4) is 20.5 Å². The number of alkyl halides is 3. The Morgan fingerprint density at radius 3 is 2.20 bits per heavy atom. The molecule has 0 saturated carbocycles. The predicted molar refractivity (Wildman–Crippen MR) is 193 cm³/mol. The summed E-state index contributed by atoms with van der Waals surface area (Å²) >= 11 is -1.06. The molecule has 0 unspecified atom stereocenters. The summed E-state index contributed by atoms with van der Waals surface area (Å²) < 4.78 is 45.7. The second kappa shape index (κ2) is 13.7. The van der Waals surface area contributed by atoms with Crippen LogP contribution in [0.4, 0.5) is 30.2 Å². The van der Waals surface area contributed by atoms with Crippen LogP contribution in [0.15, 0.2) is 91.4 Å². The van der Waals surface area contributed by atoms with E-state index >= 15 is 0 Å². The van der Waals surface area contributed by atoms with E-state index < -0.39 is 32.2 Å². The van der Waals surface area contributed by atoms with Crippen molar-refractivity contribution in [2.75, 3.05) is 4.90 Å². The molecule has 50 heavy (non-hydrogen) atoms. The van der Waals surface area contributed by atoms with Crippen molar-refractivity contribution >= 4 is 59.2 Å². The van der Waals surface area contributed by atoms with Gasteiger partial charge < -0.3 is 0 Å². The molecule has 4 nitrogen and oxygen atoms in total. The van der Waals surface area contributed by atoms with Gasteiger partial charge in [-0.3, -0.25) is 0 Å². The molecule has 4 aromatic carbocycles. The molecule has 254 valence electrons. The van der Waals surface area contributed by atoms with E-state index in [4.69, 9.17) is 4.98 Å². The maximum Gasteiger partial charge on any atom is 2.00 e. The molecule has 0 atom stereocenters. The Morgan fingerprint density at radius 1 is 0.760 bits per heavy atom. The largest absolute Gasteiger partial charge is 2.00 e. The summed E-state index contributed by atoms with van der Waals surface area (Å²) in [6.45, 7) is 12.8. The van der Waals surface area contributed by atoms with Crippen molar-refractivity contribution < 1.29 is 34.2 Å². The summed E-state index contributed by atoms with van der Waals surface area (Å²) in [7, 11) is 0. The van der Waals surface area contributed by atoms with Crippen LogP contribution in [0.3, 0.4) is 0 Å². The van der Waals surface area contributed by atoms with Gasteiger partial charge in [-0.1, -0.05) is 0 Å². The molecule has 9 heteroatoms. The van der Waals surface area contributed by atoms with Crippen LogP contribution in [0.5, 0.6) is 0 Å². The van der Waals surface area contributed by atoms with Gasteiger partial charge in [-0.25, -0.2) is 0 Å². The molecule has 0 bridgehead atoms. The SMILES string of the molecule is Cc1cccc(C)c1N(c1[c-]c(-c2cc(C(C)(C)C)ccn2)ccc1)c1[c-]c(-c2ncnc3c(C(F)(F)F)c4ccccc4cc23)[te]c1C.[Pt+2]. The predicted octanol–water partition coefficient (Wildman–Crippen LogP) is 10.9. The summed E-state index contributed by atoms with van der Waals surface area (Å²) in [6, 6.07) is 32.1. The van der Waals surface area contributed by atoms with E-state index in [1.165, 1.54) is 18.0 Å². The van der Waals surface area contributed by atoms with Gasteiger partial charge in [0.1, 0.15) is 0 Å². The fourth-order valence-electron chi connectivity index (χ4n) is 6.37. The molecular formula is C41H33F3N4PtTe. The van der Waals surface area contributed by atoms with Crippen LogP contribution >= 0.6 is 0 Å². The number of fused-ring (bicyclic) bond motifs is 2. The molecule has 0 amide bonds. The molecular weight excluding hydrogens is 928 g/mol. The summed E-state index contributed by atoms with van der Waals surface area (Å²) in [5.41, 5.74) is 7.38. The Morgan fingerprint density at radius 2 is 1.48 bits per heavy atom. The maximum absolute atomic E-state index is 14.6. The molecule has 0 N–H and O–H groups in total. The van der Waals surface area contributed by atoms with Gasteiger partial charge in [-0.05, 0) is 0 Å². The Labute approximate surface area is 314 Å². The molecule has 0 aliphatic carbocycles. The van der Waals surface area contributed by atoms with Gasteiger partial charge in [0.15, 0.2) is 0 Å². The van der Waals surface area contributed by atoms with Crippen molar-refractivity contribution in [3.05, 3.63) is 129 Å². The fraction of sp³-hybridized carbons (Fsp3) is 0.195. The second-order valence-corrected chi connectivity index (χ2v) is 16.8. The van der Waals surface area contributed by atoms with Crippen molar-refractivity contribution in [3.63, 3.8) is 0 Å². The van der Waals surface area contributed by atoms with E-state index in [1.807, 2.05) is 36.5 Å². The first kappa shape index (κ1) is 36.0. The standard InChI is InChI=1S/C41H33F3N4Te.Pt/c1-24-11-9-12-25(2)39(24)48(30-15-10-14-28(19-30)33-21-29(17-18-45-33)40(4,5)6)34-22-35(49-26(34)3)37-32-20-27-13-7-8-16-31(27)36(41(42,43)44)38(32)47-23-46-37;/h7-18,20-21,23H,1-6H3;/q-2;+2. The third-order valence-corrected chi connectivity index (χ3v) is 11.6. The van der Waals surface area contributed by atoms with Crippen LogP contribution in [-0.4, -0.2) is 35.4 Å². The second-order valence-electron chi connectivity index (χ2n) is 13.3. The Bertz CT molecular complexity index is 2360. The number of benzene rings is 4. The van der Waals surface area contributed by atoms with E-state index in [0.717, 1.165) is 46.6 Å². The van der Waals surface area contributed by atoms with Crippen LogP contribution in [0, 0.1) is 32.9 Å². The number of halogens is 3. The molecule has 3 heterocycles. The molecule has 0 aliphatic rings. The minimum atomic E-state index is -4.59. The van der Waals surface area contributed by atoms with Gasteiger partial charge >= 0.3 is 316 Å². The first-order valence-corrected chi connectivity index (χ1v) is 18.3. The molecule has 0 spiro atoms. The Balaban J connectivity index is 0.00000432. The number of hydrogen-bond donors (Lipinski definition) is 0. The van der Waals surface area contributed by atoms with Gasteiger partial charge in [0, 0.05) is 0 Å². The van der Waals surface area contributed by atoms with Crippen LogP contribution < -0.4 is 4.90 Å². The number of aromatic nitrogens is 3. The Kier molecular flexibility index (Phi) is 9.87. The molecule has 0 radical (unpaired) electrons. The first-order valence-electron chi connectivity index (χ1n) is 15.9. The zero-order valence-electron chi connectivity index (χ0n) is 28.3. The smallest absolute Gasteiger partial charge is 2.00 e. The van der Waals surface area contributed by atoms with E-state index in [1.54, 1.807) is 24.3 Å². The summed E-state index contributed by atoms with van der Waals surface area (Å²) in [5.74, 6) is 0. The normalized spacial score (nSPS) is 11.9. The minimum Gasteiger partial charge on any atom is 2.00 e. The van der Waals surface area contributed by atoms with Gasteiger partial charge in [-0.15, -0.1) is 0 Å². The number of anilines is 3. The first-order chi connectivity index (χ1) is 23.3. The van der Waals surface area contributed by atoms with Crippen LogP contribution in [-0.2, 0) is 32.7 Å². The third-order valence-electron chi connectivity index (χ3n) is 8.78. The average Bonchev–Trinajstić information content (AvgIpc) is 3.44. The number of hydrogen-bond acceptors (Lipinski definition) is 4. The van der Waals surface area contributed by atoms with E-state index in [2.05, 4.69) is 86.7 Å². The van der Waals surface area contributed by atoms with Gasteiger partial charge in [-0.2, -0.15) is 0 Å². The van der Waals surface area contributed by atoms with Crippen molar-refractivity contribution in [2.24, 2.45) is 0 Å². The van der Waals surface area contributed by atoms with Crippen LogP contribution in [0.25, 0.3) is 42.2 Å². The molecule has 0 aliphatic heterocycles. The van der Waals surface area contributed by atoms with Crippen molar-refractivity contribution in [2.45, 2.75) is 53.1 Å². The molecule has 0 fully saturated rings. The number of aryl methyl sites for hydroxylation is 3. The van der Waals surface area contributed by atoms with Gasteiger partial charge in [0.25, 0.3) is 0 Å². The summed E-state index contributed by atoms with van der Waals surface area (Å²) in [4.78, 5) is 15.7. The molecule has 3 aromatic heterocycles. The maximum atomic E-state index is 14.6. The zero-order valence-corrected chi connectivity index (χ0v) is 32.9. The van der Waals surface area contributed by atoms with Crippen molar-refractivity contribution in [1.82, 2.24) is 15.0 Å². The number of nitrogens with zero attached hydrogens (tertiary/aromatic N) is 4. The van der Waals surface area contributed by atoms with Crippen LogP contribution in [0.1, 0.15) is 46.6 Å². The number of pyridine rings is 1. The van der Waals surface area contributed by atoms with Crippen molar-refractivity contribution in [1.29, 1.82) is 0 Å². The summed E-state index contributed by atoms with van der Waals surface area (Å²) in [6.07, 6.45) is -1.50. The Hall–Kier alpha value is -3.82. The fourth-order valence-corrected chi connectivity index (χ4v) is 9.09. The molecule has 0 saturated heterocycles. The van der Waals surface area contributed by atoms with E-state index in [0.29, 0.717) is 16.5 Å². The quantitative estimate of drug-likeness (QED) is 0.0979. The van der Waals surface area contributed by atoms with Gasteiger partial charge in [0.2, 0.25) is 0 Å². The third kappa shape index (κ3) is 6.66. The average molecular weight is 961 g/mol. The zero-order chi connectivity index (χ0) is 34.7. The minimum absolute atomic E-state index is 0. The van der Waals surface area contributed by atoms with Crippen LogP contribution in [0.2, 0.25) is 0 Å². The van der Waals surface area contributed by atoms with Gasteiger partial charge in [0.05, 0.1) is 0 Å². The van der Waals surface area contributed by atoms with E-state index in [-0.39, 0.29) is 37.4 Å². The summed E-state index contributed by atoms with van der Waals surface area (Å²) in [5, 5.41) is 1.00.